The summed E-state index contributed by atoms with van der Waals surface area (Å²) in [6.07, 6.45) is 0. The van der Waals surface area contributed by atoms with Crippen molar-refractivity contribution in [2.75, 3.05) is 11.2 Å². The summed E-state index contributed by atoms with van der Waals surface area (Å²) in [5.41, 5.74) is 0.133. The van der Waals surface area contributed by atoms with E-state index in [2.05, 4.69) is 5.32 Å². The molecule has 1 aromatic carbocycles. The largest absolute Gasteiger partial charge is 0.545 e. The first kappa shape index (κ1) is 11.8. The van der Waals surface area contributed by atoms with E-state index in [4.69, 9.17) is 23.2 Å². The standard InChI is InChI=1S/C9H7Cl2NO3/c10-4-8(13)12-7-3-5(9(14)15)1-2-6(7)11/h1-3H,4H2,(H,12,13)(H,14,15)/p-1. The third-order valence-electron chi connectivity index (χ3n) is 1.60. The van der Waals surface area contributed by atoms with E-state index in [9.17, 15) is 14.7 Å². The molecule has 1 N–H and O–H groups in total. The molecule has 0 aliphatic heterocycles. The van der Waals surface area contributed by atoms with E-state index in [-0.39, 0.29) is 22.2 Å². The lowest BCUT2D eigenvalue weighted by atomic mass is 10.2. The number of nitrogens with one attached hydrogen (secondary N) is 1. The normalized spacial score (nSPS) is 9.73. The molecule has 0 aliphatic carbocycles. The molecule has 0 aromatic heterocycles. The molecule has 1 rings (SSSR count). The van der Waals surface area contributed by atoms with Gasteiger partial charge in [-0.15, -0.1) is 11.6 Å². The number of amides is 1. The molecule has 0 radical (unpaired) electrons. The van der Waals surface area contributed by atoms with E-state index >= 15 is 0 Å². The molecule has 1 amide bonds. The second-order valence-electron chi connectivity index (χ2n) is 2.66. The molecular formula is C9H6Cl2NO3-. The van der Waals surface area contributed by atoms with Crippen molar-refractivity contribution in [3.8, 4) is 0 Å². The molecular weight excluding hydrogens is 241 g/mol. The highest BCUT2D eigenvalue weighted by atomic mass is 35.5. The van der Waals surface area contributed by atoms with Crippen molar-refractivity contribution < 1.29 is 14.7 Å². The van der Waals surface area contributed by atoms with Crippen molar-refractivity contribution in [1.82, 2.24) is 0 Å². The predicted molar refractivity (Wildman–Crippen MR) is 55.1 cm³/mol. The molecule has 6 heteroatoms. The molecule has 80 valence electrons. The molecule has 0 aliphatic rings. The molecule has 0 atom stereocenters. The Hall–Kier alpha value is -1.26. The Bertz CT molecular complexity index is 406. The maximum atomic E-state index is 10.9. The van der Waals surface area contributed by atoms with Crippen molar-refractivity contribution in [3.05, 3.63) is 28.8 Å². The molecule has 0 saturated carbocycles. The first-order chi connectivity index (χ1) is 7.04. The lowest BCUT2D eigenvalue weighted by Gasteiger charge is -2.08. The number of aromatic carboxylic acids is 1. The Morgan fingerprint density at radius 3 is 2.60 bits per heavy atom. The van der Waals surface area contributed by atoms with Crippen molar-refractivity contribution >= 4 is 40.8 Å². The van der Waals surface area contributed by atoms with Crippen LogP contribution in [-0.2, 0) is 4.79 Å². The molecule has 4 nitrogen and oxygen atoms in total. The summed E-state index contributed by atoms with van der Waals surface area (Å²) in [6, 6.07) is 3.85. The number of halogens is 2. The lowest BCUT2D eigenvalue weighted by molar-refractivity contribution is -0.255. The van der Waals surface area contributed by atoms with Crippen LogP contribution in [0.1, 0.15) is 10.4 Å². The first-order valence-corrected chi connectivity index (χ1v) is 4.82. The summed E-state index contributed by atoms with van der Waals surface area (Å²) in [4.78, 5) is 21.5. The number of benzene rings is 1. The number of hydrogen-bond donors (Lipinski definition) is 1. The smallest absolute Gasteiger partial charge is 0.239 e. The second kappa shape index (κ2) is 5.00. The lowest BCUT2D eigenvalue weighted by Crippen LogP contribution is -2.22. The van der Waals surface area contributed by atoms with Crippen LogP contribution in [0.25, 0.3) is 0 Å². The summed E-state index contributed by atoms with van der Waals surface area (Å²) in [7, 11) is 0. The number of carbonyl (C=O) groups is 2. The fourth-order valence-corrected chi connectivity index (χ4v) is 1.16. The Morgan fingerprint density at radius 1 is 1.40 bits per heavy atom. The molecule has 0 unspecified atom stereocenters. The maximum absolute atomic E-state index is 10.9. The minimum absolute atomic E-state index is 0.0655. The Kier molecular flexibility index (Phi) is 3.94. The van der Waals surface area contributed by atoms with Gasteiger partial charge in [0.25, 0.3) is 0 Å². The monoisotopic (exact) mass is 246 g/mol. The third kappa shape index (κ3) is 3.11. The average Bonchev–Trinajstić information content (AvgIpc) is 2.20. The van der Waals surface area contributed by atoms with Gasteiger partial charge in [-0.3, -0.25) is 4.79 Å². The Labute approximate surface area is 95.8 Å². The van der Waals surface area contributed by atoms with E-state index in [1.165, 1.54) is 18.2 Å². The van der Waals surface area contributed by atoms with Crippen LogP contribution in [0.15, 0.2) is 18.2 Å². The van der Waals surface area contributed by atoms with Gasteiger partial charge in [0.05, 0.1) is 16.7 Å². The van der Waals surface area contributed by atoms with Gasteiger partial charge in [0, 0.05) is 0 Å². The number of hydrogen-bond acceptors (Lipinski definition) is 3. The summed E-state index contributed by atoms with van der Waals surface area (Å²) in [6.45, 7) is 0. The van der Waals surface area contributed by atoms with Crippen molar-refractivity contribution in [2.45, 2.75) is 0 Å². The molecule has 1 aromatic rings. The number of rotatable bonds is 3. The van der Waals surface area contributed by atoms with Gasteiger partial charge in [-0.05, 0) is 17.7 Å². The van der Waals surface area contributed by atoms with Gasteiger partial charge < -0.3 is 15.2 Å². The zero-order chi connectivity index (χ0) is 11.4. The molecule has 0 heterocycles. The van der Waals surface area contributed by atoms with Crippen LogP contribution in [-0.4, -0.2) is 17.8 Å². The van der Waals surface area contributed by atoms with Gasteiger partial charge >= 0.3 is 0 Å². The van der Waals surface area contributed by atoms with E-state index in [1.807, 2.05) is 0 Å². The number of anilines is 1. The highest BCUT2D eigenvalue weighted by molar-refractivity contribution is 6.34. The quantitative estimate of drug-likeness (QED) is 0.806. The molecule has 0 bridgehead atoms. The highest BCUT2D eigenvalue weighted by Gasteiger charge is 2.06. The first-order valence-electron chi connectivity index (χ1n) is 3.91. The number of alkyl halides is 1. The SMILES string of the molecule is O=C(CCl)Nc1cc(C(=O)[O-])ccc1Cl. The minimum atomic E-state index is -1.34. The number of carboxylic acid groups (broad SMARTS) is 1. The fourth-order valence-electron chi connectivity index (χ4n) is 0.932. The van der Waals surface area contributed by atoms with E-state index in [0.29, 0.717) is 0 Å². The zero-order valence-corrected chi connectivity index (χ0v) is 8.93. The average molecular weight is 247 g/mol. The van der Waals surface area contributed by atoms with Gasteiger partial charge in [0.15, 0.2) is 0 Å². The Morgan fingerprint density at radius 2 is 2.07 bits per heavy atom. The van der Waals surface area contributed by atoms with Crippen LogP contribution in [0.4, 0.5) is 5.69 Å². The molecule has 15 heavy (non-hydrogen) atoms. The summed E-state index contributed by atoms with van der Waals surface area (Å²) in [5, 5.41) is 13.1. The summed E-state index contributed by atoms with van der Waals surface area (Å²) < 4.78 is 0. The molecule has 0 fully saturated rings. The van der Waals surface area contributed by atoms with Crippen LogP contribution >= 0.6 is 23.2 Å². The van der Waals surface area contributed by atoms with Gasteiger partial charge in [0.1, 0.15) is 5.88 Å². The third-order valence-corrected chi connectivity index (χ3v) is 2.17. The van der Waals surface area contributed by atoms with Gasteiger partial charge in [-0.25, -0.2) is 0 Å². The summed E-state index contributed by atoms with van der Waals surface area (Å²) in [5.74, 6) is -2.03. The van der Waals surface area contributed by atoms with Crippen molar-refractivity contribution in [2.24, 2.45) is 0 Å². The summed E-state index contributed by atoms with van der Waals surface area (Å²) >= 11 is 11.0. The topological polar surface area (TPSA) is 69.2 Å². The maximum Gasteiger partial charge on any atom is 0.239 e. The van der Waals surface area contributed by atoms with Crippen LogP contribution < -0.4 is 10.4 Å². The van der Waals surface area contributed by atoms with Crippen molar-refractivity contribution in [1.29, 1.82) is 0 Å². The van der Waals surface area contributed by atoms with Crippen LogP contribution in [0.5, 0.6) is 0 Å². The van der Waals surface area contributed by atoms with Gasteiger partial charge in [0.2, 0.25) is 5.91 Å². The Balaban J connectivity index is 3.00. The number of carboxylic acids is 1. The van der Waals surface area contributed by atoms with Crippen LogP contribution in [0, 0.1) is 0 Å². The highest BCUT2D eigenvalue weighted by Crippen LogP contribution is 2.22. The van der Waals surface area contributed by atoms with Gasteiger partial charge in [-0.2, -0.15) is 0 Å². The molecule has 0 saturated heterocycles. The van der Waals surface area contributed by atoms with Crippen LogP contribution in [0.2, 0.25) is 5.02 Å². The molecule has 0 spiro atoms. The van der Waals surface area contributed by atoms with Gasteiger partial charge in [-0.1, -0.05) is 17.7 Å². The minimum Gasteiger partial charge on any atom is -0.545 e. The van der Waals surface area contributed by atoms with E-state index in [1.54, 1.807) is 0 Å². The number of carbonyl (C=O) groups excluding carboxylic acids is 2. The van der Waals surface area contributed by atoms with Crippen molar-refractivity contribution in [3.63, 3.8) is 0 Å². The zero-order valence-electron chi connectivity index (χ0n) is 7.42. The fraction of sp³-hybridized carbons (Fsp3) is 0.111. The van der Waals surface area contributed by atoms with Crippen LogP contribution in [0.3, 0.4) is 0 Å². The second-order valence-corrected chi connectivity index (χ2v) is 3.34. The van der Waals surface area contributed by atoms with E-state index < -0.39 is 11.9 Å². The predicted octanol–water partition coefficient (Wildman–Crippen LogP) is 0.881. The van der Waals surface area contributed by atoms with E-state index in [0.717, 1.165) is 0 Å².